The van der Waals surface area contributed by atoms with Gasteiger partial charge in [0.05, 0.1) is 11.5 Å². The maximum atomic E-state index is 2.67. The minimum atomic E-state index is -0.288. The van der Waals surface area contributed by atoms with E-state index in [0.29, 0.717) is 17.8 Å². The minimum absolute atomic E-state index is 0.234. The molecule has 0 saturated carbocycles. The SMILES string of the molecule is CC1=CC(N(C2=CC3C(C=C2)c2ccc(CC(c4ccccc4)C4CC=CC(C)C4)cc2C32c3ccccc3-c3ccccc32)c2ccccc2)CC=C1. The van der Waals surface area contributed by atoms with Crippen LogP contribution in [0.2, 0.25) is 0 Å². The first-order valence-corrected chi connectivity index (χ1v) is 20.2. The molecule has 0 aliphatic heterocycles. The van der Waals surface area contributed by atoms with E-state index in [4.69, 9.17) is 0 Å². The Labute approximate surface area is 321 Å². The van der Waals surface area contributed by atoms with Crippen molar-refractivity contribution < 1.29 is 0 Å². The van der Waals surface area contributed by atoms with Crippen LogP contribution in [0.3, 0.4) is 0 Å². The Balaban J connectivity index is 1.15. The molecule has 54 heavy (non-hydrogen) atoms. The van der Waals surface area contributed by atoms with E-state index >= 15 is 0 Å². The van der Waals surface area contributed by atoms with Gasteiger partial charge in [0.1, 0.15) is 0 Å². The number of hydrogen-bond acceptors (Lipinski definition) is 1. The predicted octanol–water partition coefficient (Wildman–Crippen LogP) is 12.9. The molecule has 0 aromatic heterocycles. The molecule has 6 atom stereocenters. The molecule has 266 valence electrons. The molecule has 0 amide bonds. The quantitative estimate of drug-likeness (QED) is 0.153. The molecule has 0 saturated heterocycles. The van der Waals surface area contributed by atoms with Crippen molar-refractivity contribution >= 4 is 5.69 Å². The highest BCUT2D eigenvalue weighted by Crippen LogP contribution is 2.65. The van der Waals surface area contributed by atoms with E-state index in [2.05, 4.69) is 195 Å². The third-order valence-electron chi connectivity index (χ3n) is 13.3. The summed E-state index contributed by atoms with van der Waals surface area (Å²) < 4.78 is 0. The van der Waals surface area contributed by atoms with E-state index in [-0.39, 0.29) is 23.3 Å². The van der Waals surface area contributed by atoms with Gasteiger partial charge in [-0.1, -0.05) is 170 Å². The van der Waals surface area contributed by atoms with Crippen molar-refractivity contribution in [2.45, 2.75) is 62.8 Å². The van der Waals surface area contributed by atoms with Crippen molar-refractivity contribution in [2.24, 2.45) is 17.8 Å². The van der Waals surface area contributed by atoms with Gasteiger partial charge in [-0.3, -0.25) is 0 Å². The van der Waals surface area contributed by atoms with Crippen LogP contribution in [-0.2, 0) is 11.8 Å². The van der Waals surface area contributed by atoms with E-state index in [1.165, 1.54) is 67.9 Å². The Morgan fingerprint density at radius 3 is 2.11 bits per heavy atom. The molecule has 5 aromatic rings. The van der Waals surface area contributed by atoms with Crippen molar-refractivity contribution in [3.63, 3.8) is 0 Å². The van der Waals surface area contributed by atoms with Gasteiger partial charge >= 0.3 is 0 Å². The van der Waals surface area contributed by atoms with Crippen molar-refractivity contribution in [3.05, 3.63) is 221 Å². The fourth-order valence-electron chi connectivity index (χ4n) is 11.1. The van der Waals surface area contributed by atoms with Crippen molar-refractivity contribution in [3.8, 4) is 11.1 Å². The molecule has 10 rings (SSSR count). The van der Waals surface area contributed by atoms with Crippen LogP contribution in [0.4, 0.5) is 5.69 Å². The molecule has 0 fully saturated rings. The summed E-state index contributed by atoms with van der Waals surface area (Å²) in [5.41, 5.74) is 15.2. The maximum Gasteiger partial charge on any atom is 0.0562 e. The lowest BCUT2D eigenvalue weighted by Gasteiger charge is -2.40. The number of anilines is 1. The Kier molecular flexibility index (Phi) is 8.28. The minimum Gasteiger partial charge on any atom is -0.335 e. The van der Waals surface area contributed by atoms with Gasteiger partial charge in [-0.2, -0.15) is 0 Å². The van der Waals surface area contributed by atoms with Gasteiger partial charge in [-0.05, 0) is 113 Å². The molecule has 5 aromatic carbocycles. The number of hydrogen-bond donors (Lipinski definition) is 0. The molecule has 0 bridgehead atoms. The van der Waals surface area contributed by atoms with E-state index in [1.54, 1.807) is 0 Å². The van der Waals surface area contributed by atoms with Crippen LogP contribution >= 0.6 is 0 Å². The molecule has 5 aliphatic carbocycles. The summed E-state index contributed by atoms with van der Waals surface area (Å²) in [6.07, 6.45) is 24.0. The number of nitrogens with zero attached hydrogens (tertiary/aromatic N) is 1. The summed E-state index contributed by atoms with van der Waals surface area (Å²) in [6.45, 7) is 4.62. The largest absolute Gasteiger partial charge is 0.335 e. The van der Waals surface area contributed by atoms with E-state index < -0.39 is 0 Å². The van der Waals surface area contributed by atoms with Crippen LogP contribution in [0.1, 0.15) is 78.3 Å². The molecule has 1 heteroatoms. The molecule has 0 radical (unpaired) electrons. The molecule has 5 aliphatic rings. The second kappa shape index (κ2) is 13.5. The highest BCUT2D eigenvalue weighted by molar-refractivity contribution is 5.86. The second-order valence-corrected chi connectivity index (χ2v) is 16.5. The smallest absolute Gasteiger partial charge is 0.0562 e. The number of para-hydroxylation sites is 1. The topological polar surface area (TPSA) is 3.24 Å². The summed E-state index contributed by atoms with van der Waals surface area (Å²) in [5.74, 6) is 2.26. The van der Waals surface area contributed by atoms with E-state index in [1.807, 2.05) is 0 Å². The second-order valence-electron chi connectivity index (χ2n) is 16.5. The van der Waals surface area contributed by atoms with Crippen LogP contribution in [0.5, 0.6) is 0 Å². The van der Waals surface area contributed by atoms with Crippen molar-refractivity contribution in [1.82, 2.24) is 0 Å². The lowest BCUT2D eigenvalue weighted by molar-refractivity contribution is 0.346. The van der Waals surface area contributed by atoms with E-state index in [9.17, 15) is 0 Å². The number of allylic oxidation sites excluding steroid dienone is 7. The lowest BCUT2D eigenvalue weighted by Crippen LogP contribution is -2.38. The average molecular weight is 700 g/mol. The third-order valence-corrected chi connectivity index (χ3v) is 13.3. The van der Waals surface area contributed by atoms with E-state index in [0.717, 1.165) is 19.3 Å². The van der Waals surface area contributed by atoms with Crippen molar-refractivity contribution in [2.75, 3.05) is 4.90 Å². The number of fused-ring (bicyclic) bond motifs is 10. The van der Waals surface area contributed by atoms with Crippen LogP contribution in [0, 0.1) is 17.8 Å². The van der Waals surface area contributed by atoms with Gasteiger partial charge < -0.3 is 4.90 Å². The van der Waals surface area contributed by atoms with Gasteiger partial charge in [0, 0.05) is 23.2 Å². The van der Waals surface area contributed by atoms with Gasteiger partial charge in [-0.15, -0.1) is 0 Å². The monoisotopic (exact) mass is 699 g/mol. The summed E-state index contributed by atoms with van der Waals surface area (Å²) in [5, 5.41) is 0. The van der Waals surface area contributed by atoms with Crippen LogP contribution < -0.4 is 4.90 Å². The first-order chi connectivity index (χ1) is 26.6. The zero-order chi connectivity index (χ0) is 36.2. The number of rotatable bonds is 7. The molecular weight excluding hydrogens is 651 g/mol. The Hall–Kier alpha value is -5.40. The summed E-state index contributed by atoms with van der Waals surface area (Å²) >= 11 is 0. The maximum absolute atomic E-state index is 2.67. The lowest BCUT2D eigenvalue weighted by atomic mass is 9.65. The molecule has 0 heterocycles. The van der Waals surface area contributed by atoms with Gasteiger partial charge in [0.15, 0.2) is 0 Å². The fourth-order valence-corrected chi connectivity index (χ4v) is 11.1. The Morgan fingerprint density at radius 2 is 1.39 bits per heavy atom. The van der Waals surface area contributed by atoms with Gasteiger partial charge in [-0.25, -0.2) is 0 Å². The highest BCUT2D eigenvalue weighted by Gasteiger charge is 2.57. The fraction of sp³-hybridized carbons (Fsp3) is 0.245. The third kappa shape index (κ3) is 5.35. The normalized spacial score (nSPS) is 24.6. The van der Waals surface area contributed by atoms with Crippen LogP contribution in [0.15, 0.2) is 187 Å². The van der Waals surface area contributed by atoms with Crippen LogP contribution in [-0.4, -0.2) is 6.04 Å². The molecule has 1 nitrogen and oxygen atoms in total. The summed E-state index contributed by atoms with van der Waals surface area (Å²) in [7, 11) is 0. The van der Waals surface area contributed by atoms with Crippen molar-refractivity contribution in [1.29, 1.82) is 0 Å². The molecule has 0 N–H and O–H groups in total. The standard InChI is InChI=1S/C53H49N/c1-36-15-13-19-40(31-36)48(39-17-5-3-6-18-39)33-38-27-29-46-47-30-28-43(54(41-20-7-4-8-21-41)42-22-14-16-37(2)32-42)35-52(47)53(51(46)34-38)49-25-11-9-23-44(49)45-24-10-12-26-50(45)53/h3-18,20-21,23-30,32,34-36,40,42,47-48,52H,19,22,31,33H2,1-2H3. The first-order valence-electron chi connectivity index (χ1n) is 20.2. The number of benzene rings is 5. The molecule has 1 spiro atoms. The average Bonchev–Trinajstić information content (AvgIpc) is 3.67. The highest BCUT2D eigenvalue weighted by atomic mass is 15.2. The molecular formula is C53H49N. The zero-order valence-corrected chi connectivity index (χ0v) is 31.5. The Bertz CT molecular complexity index is 2310. The van der Waals surface area contributed by atoms with Gasteiger partial charge in [0.2, 0.25) is 0 Å². The van der Waals surface area contributed by atoms with Gasteiger partial charge in [0.25, 0.3) is 0 Å². The zero-order valence-electron chi connectivity index (χ0n) is 31.5. The Morgan fingerprint density at radius 1 is 0.685 bits per heavy atom. The van der Waals surface area contributed by atoms with Crippen LogP contribution in [0.25, 0.3) is 11.1 Å². The predicted molar refractivity (Wildman–Crippen MR) is 226 cm³/mol. The summed E-state index contributed by atoms with van der Waals surface area (Å²) in [4.78, 5) is 2.60. The summed E-state index contributed by atoms with van der Waals surface area (Å²) in [6, 6.07) is 48.9. The molecule has 6 unspecified atom stereocenters. The first kappa shape index (κ1) is 33.2.